The van der Waals surface area contributed by atoms with E-state index in [-0.39, 0.29) is 5.56 Å². The first kappa shape index (κ1) is 26.4. The Bertz CT molecular complexity index is 1040. The molecule has 0 saturated carbocycles. The predicted octanol–water partition coefficient (Wildman–Crippen LogP) is 3.06. The van der Waals surface area contributed by atoms with Gasteiger partial charge in [0.25, 0.3) is 0 Å². The molecular weight excluding hydrogens is 468 g/mol. The molecule has 3 N–H and O–H groups in total. The van der Waals surface area contributed by atoms with E-state index in [1.54, 1.807) is 30.9 Å². The van der Waals surface area contributed by atoms with Crippen molar-refractivity contribution in [2.45, 2.75) is 57.5 Å². The lowest BCUT2D eigenvalue weighted by molar-refractivity contribution is -0.126. The molecule has 1 amide bonds. The number of alkyl halides is 1. The third kappa shape index (κ3) is 6.54. The van der Waals surface area contributed by atoms with Gasteiger partial charge in [-0.3, -0.25) is 9.69 Å². The lowest BCUT2D eigenvalue weighted by Gasteiger charge is -2.34. The Hall–Kier alpha value is -2.69. The number of benzene rings is 1. The number of piperidine rings is 1. The molecule has 1 aromatic carbocycles. The van der Waals surface area contributed by atoms with Crippen molar-refractivity contribution in [3.63, 3.8) is 0 Å². The summed E-state index contributed by atoms with van der Waals surface area (Å²) < 4.78 is 34.6. The highest BCUT2D eigenvalue weighted by molar-refractivity contribution is 5.80. The maximum Gasteiger partial charge on any atom is 0.234 e. The van der Waals surface area contributed by atoms with Crippen LogP contribution in [0.3, 0.4) is 0 Å². The second kappa shape index (κ2) is 11.1. The molecule has 0 bridgehead atoms. The van der Waals surface area contributed by atoms with E-state index in [9.17, 15) is 18.7 Å². The molecule has 1 aromatic heterocycles. The number of likely N-dealkylation sites (tertiary alicyclic amines) is 2. The molecule has 196 valence electrons. The fraction of sp³-hybridized carbons (Fsp3) is 0.577. The SMILES string of the molecule is CC(C)(F)CN1CCC(COc2cnc(-c3ccc(C(O)N4CCCC4C(N)=O)cc3F)cn2)CC1. The highest BCUT2D eigenvalue weighted by atomic mass is 19.1. The van der Waals surface area contributed by atoms with Crippen LogP contribution in [0.15, 0.2) is 30.6 Å². The van der Waals surface area contributed by atoms with Gasteiger partial charge in [0.05, 0.1) is 30.7 Å². The average Bonchev–Trinajstić information content (AvgIpc) is 3.33. The van der Waals surface area contributed by atoms with Gasteiger partial charge < -0.3 is 20.5 Å². The molecule has 0 aliphatic carbocycles. The summed E-state index contributed by atoms with van der Waals surface area (Å²) in [6.45, 7) is 6.35. The van der Waals surface area contributed by atoms with Crippen molar-refractivity contribution >= 4 is 5.91 Å². The molecule has 2 saturated heterocycles. The summed E-state index contributed by atoms with van der Waals surface area (Å²) in [5.41, 5.74) is 5.18. The normalized spacial score (nSPS) is 21.0. The van der Waals surface area contributed by atoms with Gasteiger partial charge in [-0.15, -0.1) is 0 Å². The first-order chi connectivity index (χ1) is 17.1. The Labute approximate surface area is 210 Å². The molecule has 2 atom stereocenters. The molecule has 36 heavy (non-hydrogen) atoms. The summed E-state index contributed by atoms with van der Waals surface area (Å²) in [7, 11) is 0. The van der Waals surface area contributed by atoms with Crippen molar-refractivity contribution in [1.29, 1.82) is 0 Å². The van der Waals surface area contributed by atoms with E-state index < -0.39 is 29.7 Å². The van der Waals surface area contributed by atoms with Gasteiger partial charge in [-0.1, -0.05) is 6.07 Å². The molecule has 2 unspecified atom stereocenters. The number of aliphatic hydroxyl groups is 1. The van der Waals surface area contributed by atoms with Crippen molar-refractivity contribution < 1.29 is 23.4 Å². The number of carbonyl (C=O) groups excluding carboxylic acids is 1. The monoisotopic (exact) mass is 503 g/mol. The van der Waals surface area contributed by atoms with E-state index in [1.165, 1.54) is 18.5 Å². The molecule has 10 heteroatoms. The van der Waals surface area contributed by atoms with E-state index in [1.807, 2.05) is 0 Å². The van der Waals surface area contributed by atoms with Crippen LogP contribution in [0.5, 0.6) is 5.88 Å². The standard InChI is InChI=1S/C26H35F2N5O3/c1-26(2,28)16-32-10-7-17(8-11-32)15-36-23-14-30-21(13-31-23)19-6-5-18(12-20(19)27)25(35)33-9-3-4-22(33)24(29)34/h5-6,12-14,17,22,25,35H,3-4,7-11,15-16H2,1-2H3,(H2,29,34). The lowest BCUT2D eigenvalue weighted by Crippen LogP contribution is -2.42. The van der Waals surface area contributed by atoms with Crippen LogP contribution in [0.4, 0.5) is 8.78 Å². The van der Waals surface area contributed by atoms with Crippen LogP contribution in [0.1, 0.15) is 51.3 Å². The number of aliphatic hydroxyl groups excluding tert-OH is 1. The van der Waals surface area contributed by atoms with Gasteiger partial charge in [-0.2, -0.15) is 0 Å². The van der Waals surface area contributed by atoms with Crippen molar-refractivity contribution in [1.82, 2.24) is 19.8 Å². The highest BCUT2D eigenvalue weighted by Crippen LogP contribution is 2.30. The number of amides is 1. The lowest BCUT2D eigenvalue weighted by atomic mass is 9.97. The van der Waals surface area contributed by atoms with E-state index >= 15 is 0 Å². The number of primary amides is 1. The van der Waals surface area contributed by atoms with Crippen LogP contribution >= 0.6 is 0 Å². The van der Waals surface area contributed by atoms with Gasteiger partial charge in [-0.05, 0) is 76.2 Å². The molecule has 3 heterocycles. The van der Waals surface area contributed by atoms with Crippen LogP contribution in [0.25, 0.3) is 11.3 Å². The quantitative estimate of drug-likeness (QED) is 0.542. The number of aromatic nitrogens is 2. The van der Waals surface area contributed by atoms with Crippen molar-refractivity contribution in [3.8, 4) is 17.1 Å². The first-order valence-corrected chi connectivity index (χ1v) is 12.5. The summed E-state index contributed by atoms with van der Waals surface area (Å²) >= 11 is 0. The highest BCUT2D eigenvalue weighted by Gasteiger charge is 2.34. The molecule has 0 radical (unpaired) electrons. The average molecular weight is 504 g/mol. The first-order valence-electron chi connectivity index (χ1n) is 12.5. The molecule has 8 nitrogen and oxygen atoms in total. The van der Waals surface area contributed by atoms with Crippen molar-refractivity contribution in [2.24, 2.45) is 11.7 Å². The van der Waals surface area contributed by atoms with E-state index in [4.69, 9.17) is 10.5 Å². The Morgan fingerprint density at radius 3 is 2.58 bits per heavy atom. The van der Waals surface area contributed by atoms with Crippen LogP contribution < -0.4 is 10.5 Å². The minimum atomic E-state index is -1.19. The van der Waals surface area contributed by atoms with Crippen LogP contribution in [0.2, 0.25) is 0 Å². The number of rotatable bonds is 9. The molecular formula is C26H35F2N5O3. The van der Waals surface area contributed by atoms with E-state index in [0.717, 1.165) is 32.4 Å². The number of nitrogens with two attached hydrogens (primary N) is 1. The number of hydrogen-bond acceptors (Lipinski definition) is 7. The molecule has 2 fully saturated rings. The number of nitrogens with zero attached hydrogens (tertiary/aromatic N) is 4. The number of carbonyl (C=O) groups is 1. The van der Waals surface area contributed by atoms with Gasteiger partial charge in [0.1, 0.15) is 17.7 Å². The maximum atomic E-state index is 14.9. The molecule has 2 aliphatic rings. The third-order valence-electron chi connectivity index (χ3n) is 6.91. The Morgan fingerprint density at radius 1 is 1.22 bits per heavy atom. The van der Waals surface area contributed by atoms with Gasteiger partial charge >= 0.3 is 0 Å². The van der Waals surface area contributed by atoms with Crippen LogP contribution in [0, 0.1) is 11.7 Å². The zero-order valence-corrected chi connectivity index (χ0v) is 20.9. The molecule has 4 rings (SSSR count). The Morgan fingerprint density at radius 2 is 1.97 bits per heavy atom. The minimum Gasteiger partial charge on any atom is -0.476 e. The van der Waals surface area contributed by atoms with E-state index in [2.05, 4.69) is 14.9 Å². The zero-order valence-electron chi connectivity index (χ0n) is 20.9. The number of ether oxygens (including phenoxy) is 1. The Balaban J connectivity index is 1.32. The summed E-state index contributed by atoms with van der Waals surface area (Å²) in [6, 6.07) is 3.84. The third-order valence-corrected chi connectivity index (χ3v) is 6.91. The maximum absolute atomic E-state index is 14.9. The van der Waals surface area contributed by atoms with Gasteiger partial charge in [-0.25, -0.2) is 18.7 Å². The van der Waals surface area contributed by atoms with Gasteiger partial charge in [0.15, 0.2) is 0 Å². The summed E-state index contributed by atoms with van der Waals surface area (Å²) in [6.07, 6.45) is 5.00. The fourth-order valence-corrected chi connectivity index (χ4v) is 5.05. The topological polar surface area (TPSA) is 105 Å². The molecule has 2 aromatic rings. The summed E-state index contributed by atoms with van der Waals surface area (Å²) in [4.78, 5) is 23.9. The fourth-order valence-electron chi connectivity index (χ4n) is 5.05. The number of halogens is 2. The summed E-state index contributed by atoms with van der Waals surface area (Å²) in [5, 5.41) is 10.7. The largest absolute Gasteiger partial charge is 0.476 e. The van der Waals surface area contributed by atoms with E-state index in [0.29, 0.717) is 49.2 Å². The predicted molar refractivity (Wildman–Crippen MR) is 131 cm³/mol. The Kier molecular flexibility index (Phi) is 8.17. The van der Waals surface area contributed by atoms with Gasteiger partial charge in [0, 0.05) is 18.7 Å². The zero-order chi connectivity index (χ0) is 25.9. The smallest absolute Gasteiger partial charge is 0.234 e. The number of hydrogen-bond donors (Lipinski definition) is 2. The minimum absolute atomic E-state index is 0.251. The second-order valence-corrected chi connectivity index (χ2v) is 10.4. The van der Waals surface area contributed by atoms with Gasteiger partial charge in [0.2, 0.25) is 11.8 Å². The molecule has 0 spiro atoms. The molecule has 2 aliphatic heterocycles. The van der Waals surface area contributed by atoms with Crippen molar-refractivity contribution in [3.05, 3.63) is 42.0 Å². The van der Waals surface area contributed by atoms with Crippen LogP contribution in [-0.4, -0.2) is 75.3 Å². The summed E-state index contributed by atoms with van der Waals surface area (Å²) in [5.74, 6) is -0.309. The second-order valence-electron chi connectivity index (χ2n) is 10.4. The van der Waals surface area contributed by atoms with Crippen LogP contribution in [-0.2, 0) is 4.79 Å². The van der Waals surface area contributed by atoms with Crippen molar-refractivity contribution in [2.75, 3.05) is 32.8 Å².